The van der Waals surface area contributed by atoms with Crippen LogP contribution in [0.5, 0.6) is 11.5 Å². The summed E-state index contributed by atoms with van der Waals surface area (Å²) in [5.74, 6) is 1.92. The molecule has 1 N–H and O–H groups in total. The molecule has 1 aromatic heterocycles. The van der Waals surface area contributed by atoms with Crippen LogP contribution in [0.2, 0.25) is 0 Å². The molecule has 0 saturated heterocycles. The largest absolute Gasteiger partial charge is 0.497 e. The molecule has 5 heteroatoms. The van der Waals surface area contributed by atoms with Crippen LogP contribution in [-0.4, -0.2) is 25.1 Å². The molecule has 1 heterocycles. The lowest BCUT2D eigenvalue weighted by atomic mass is 10.1. The van der Waals surface area contributed by atoms with Gasteiger partial charge in [0.1, 0.15) is 17.3 Å². The number of pyridine rings is 1. The number of nitrogens with one attached hydrogen (secondary N) is 1. The molecular formula is C16H18N2O3. The standard InChI is InChI=1S/C16H18N2O3/c1-20-13-9-12(10-14(11-13)21-2)6-7-16(19)18-15-5-3-4-8-17-15/h3-5,8-11H,6-7H2,1-2H3,(H,17,18,19). The maximum atomic E-state index is 11.9. The highest BCUT2D eigenvalue weighted by Crippen LogP contribution is 2.23. The SMILES string of the molecule is COc1cc(CCC(=O)Nc2ccccn2)cc(OC)c1. The zero-order valence-electron chi connectivity index (χ0n) is 12.1. The third-order valence-electron chi connectivity index (χ3n) is 2.98. The Bertz CT molecular complexity index is 577. The molecule has 1 aromatic carbocycles. The van der Waals surface area contributed by atoms with E-state index in [9.17, 15) is 4.79 Å². The van der Waals surface area contributed by atoms with Crippen LogP contribution in [0.4, 0.5) is 5.82 Å². The summed E-state index contributed by atoms with van der Waals surface area (Å²) >= 11 is 0. The maximum Gasteiger partial charge on any atom is 0.225 e. The number of hydrogen-bond acceptors (Lipinski definition) is 4. The van der Waals surface area contributed by atoms with Crippen LogP contribution in [0.15, 0.2) is 42.6 Å². The molecule has 0 bridgehead atoms. The van der Waals surface area contributed by atoms with Gasteiger partial charge in [-0.05, 0) is 36.2 Å². The second-order valence-corrected chi connectivity index (χ2v) is 4.48. The zero-order valence-corrected chi connectivity index (χ0v) is 12.1. The highest BCUT2D eigenvalue weighted by molar-refractivity contribution is 5.89. The number of anilines is 1. The van der Waals surface area contributed by atoms with E-state index < -0.39 is 0 Å². The fourth-order valence-electron chi connectivity index (χ4n) is 1.91. The number of carbonyl (C=O) groups is 1. The molecule has 0 fully saturated rings. The fourth-order valence-corrected chi connectivity index (χ4v) is 1.91. The van der Waals surface area contributed by atoms with Crippen molar-refractivity contribution in [1.82, 2.24) is 4.98 Å². The van der Waals surface area contributed by atoms with Crippen molar-refractivity contribution in [2.75, 3.05) is 19.5 Å². The average Bonchev–Trinajstić information content (AvgIpc) is 2.53. The molecule has 0 spiro atoms. The van der Waals surface area contributed by atoms with Gasteiger partial charge >= 0.3 is 0 Å². The third-order valence-corrected chi connectivity index (χ3v) is 2.98. The van der Waals surface area contributed by atoms with Crippen LogP contribution in [0.1, 0.15) is 12.0 Å². The number of benzene rings is 1. The summed E-state index contributed by atoms with van der Waals surface area (Å²) in [6.07, 6.45) is 2.61. The Morgan fingerprint density at radius 1 is 1.14 bits per heavy atom. The van der Waals surface area contributed by atoms with E-state index in [1.165, 1.54) is 0 Å². The van der Waals surface area contributed by atoms with Crippen molar-refractivity contribution in [2.24, 2.45) is 0 Å². The highest BCUT2D eigenvalue weighted by Gasteiger charge is 2.06. The number of hydrogen-bond donors (Lipinski definition) is 1. The lowest BCUT2D eigenvalue weighted by Gasteiger charge is -2.08. The molecule has 110 valence electrons. The molecule has 0 atom stereocenters. The topological polar surface area (TPSA) is 60.5 Å². The Hall–Kier alpha value is -2.56. The summed E-state index contributed by atoms with van der Waals surface area (Å²) in [5, 5.41) is 2.76. The molecule has 0 saturated carbocycles. The minimum absolute atomic E-state index is 0.0736. The number of amides is 1. The van der Waals surface area contributed by atoms with Crippen LogP contribution in [0, 0.1) is 0 Å². The number of ether oxygens (including phenoxy) is 2. The van der Waals surface area contributed by atoms with E-state index in [4.69, 9.17) is 9.47 Å². The summed E-state index contributed by atoms with van der Waals surface area (Å²) in [5.41, 5.74) is 0.988. The number of rotatable bonds is 6. The lowest BCUT2D eigenvalue weighted by molar-refractivity contribution is -0.116. The van der Waals surface area contributed by atoms with Crippen molar-refractivity contribution in [3.8, 4) is 11.5 Å². The van der Waals surface area contributed by atoms with Gasteiger partial charge in [-0.25, -0.2) is 4.98 Å². The van der Waals surface area contributed by atoms with Crippen molar-refractivity contribution in [3.63, 3.8) is 0 Å². The maximum absolute atomic E-state index is 11.9. The van der Waals surface area contributed by atoms with Crippen molar-refractivity contribution >= 4 is 11.7 Å². The summed E-state index contributed by atoms with van der Waals surface area (Å²) in [6.45, 7) is 0. The quantitative estimate of drug-likeness (QED) is 0.887. The number of aromatic nitrogens is 1. The summed E-state index contributed by atoms with van der Waals surface area (Å²) in [6, 6.07) is 11.0. The summed E-state index contributed by atoms with van der Waals surface area (Å²) in [4.78, 5) is 15.9. The van der Waals surface area contributed by atoms with Crippen LogP contribution in [-0.2, 0) is 11.2 Å². The minimum atomic E-state index is -0.0736. The summed E-state index contributed by atoms with van der Waals surface area (Å²) < 4.78 is 10.4. The van der Waals surface area contributed by atoms with Crippen LogP contribution < -0.4 is 14.8 Å². The fraction of sp³-hybridized carbons (Fsp3) is 0.250. The first kappa shape index (κ1) is 14.8. The lowest BCUT2D eigenvalue weighted by Crippen LogP contribution is -2.13. The van der Waals surface area contributed by atoms with E-state index in [0.717, 1.165) is 17.1 Å². The van der Waals surface area contributed by atoms with Crippen molar-refractivity contribution in [3.05, 3.63) is 48.2 Å². The molecule has 0 radical (unpaired) electrons. The van der Waals surface area contributed by atoms with Crippen molar-refractivity contribution in [2.45, 2.75) is 12.8 Å². The minimum Gasteiger partial charge on any atom is -0.497 e. The number of methoxy groups -OCH3 is 2. The third kappa shape index (κ3) is 4.49. The van der Waals surface area contributed by atoms with Crippen LogP contribution in [0.3, 0.4) is 0 Å². The van der Waals surface area contributed by atoms with Gasteiger partial charge in [0.25, 0.3) is 0 Å². The monoisotopic (exact) mass is 286 g/mol. The van der Waals surface area contributed by atoms with Gasteiger partial charge in [-0.1, -0.05) is 6.07 Å². The first-order chi connectivity index (χ1) is 10.2. The highest BCUT2D eigenvalue weighted by atomic mass is 16.5. The van der Waals surface area contributed by atoms with E-state index in [1.54, 1.807) is 38.6 Å². The van der Waals surface area contributed by atoms with Gasteiger partial charge in [-0.3, -0.25) is 4.79 Å². The molecule has 1 amide bonds. The molecule has 2 rings (SSSR count). The van der Waals surface area contributed by atoms with Gasteiger partial charge in [0.2, 0.25) is 5.91 Å². The molecule has 2 aromatic rings. The second kappa shape index (κ2) is 7.28. The predicted molar refractivity (Wildman–Crippen MR) is 80.7 cm³/mol. The van der Waals surface area contributed by atoms with Gasteiger partial charge in [0, 0.05) is 18.7 Å². The first-order valence-corrected chi connectivity index (χ1v) is 6.64. The van der Waals surface area contributed by atoms with E-state index in [-0.39, 0.29) is 5.91 Å². The Morgan fingerprint density at radius 3 is 2.43 bits per heavy atom. The molecular weight excluding hydrogens is 268 g/mol. The molecule has 0 aliphatic rings. The van der Waals surface area contributed by atoms with Gasteiger partial charge in [-0.2, -0.15) is 0 Å². The Labute approximate surface area is 123 Å². The normalized spacial score (nSPS) is 10.0. The number of aryl methyl sites for hydroxylation is 1. The van der Waals surface area contributed by atoms with E-state index in [0.29, 0.717) is 18.7 Å². The van der Waals surface area contributed by atoms with Gasteiger partial charge in [-0.15, -0.1) is 0 Å². The molecule has 21 heavy (non-hydrogen) atoms. The molecule has 0 aliphatic carbocycles. The zero-order chi connectivity index (χ0) is 15.1. The number of nitrogens with zero attached hydrogens (tertiary/aromatic N) is 1. The van der Waals surface area contributed by atoms with Gasteiger partial charge < -0.3 is 14.8 Å². The molecule has 0 aliphatic heterocycles. The van der Waals surface area contributed by atoms with Crippen molar-refractivity contribution < 1.29 is 14.3 Å². The Kier molecular flexibility index (Phi) is 5.15. The molecule has 5 nitrogen and oxygen atoms in total. The van der Waals surface area contributed by atoms with Crippen LogP contribution in [0.25, 0.3) is 0 Å². The van der Waals surface area contributed by atoms with Crippen molar-refractivity contribution in [1.29, 1.82) is 0 Å². The van der Waals surface area contributed by atoms with Gasteiger partial charge in [0.15, 0.2) is 0 Å². The van der Waals surface area contributed by atoms with E-state index >= 15 is 0 Å². The average molecular weight is 286 g/mol. The Balaban J connectivity index is 1.94. The first-order valence-electron chi connectivity index (χ1n) is 6.64. The van der Waals surface area contributed by atoms with E-state index in [1.807, 2.05) is 18.2 Å². The second-order valence-electron chi connectivity index (χ2n) is 4.48. The molecule has 0 unspecified atom stereocenters. The van der Waals surface area contributed by atoms with Gasteiger partial charge in [0.05, 0.1) is 14.2 Å². The Morgan fingerprint density at radius 2 is 1.86 bits per heavy atom. The van der Waals surface area contributed by atoms with E-state index in [2.05, 4.69) is 10.3 Å². The predicted octanol–water partition coefficient (Wildman–Crippen LogP) is 2.67. The van der Waals surface area contributed by atoms with Crippen LogP contribution >= 0.6 is 0 Å². The number of carbonyl (C=O) groups excluding carboxylic acids is 1. The summed E-state index contributed by atoms with van der Waals surface area (Å²) in [7, 11) is 3.21. The smallest absolute Gasteiger partial charge is 0.225 e.